The van der Waals surface area contributed by atoms with E-state index in [1.807, 2.05) is 0 Å². The summed E-state index contributed by atoms with van der Waals surface area (Å²) in [7, 11) is 1.56. The summed E-state index contributed by atoms with van der Waals surface area (Å²) in [6.45, 7) is 1.55. The average molecular weight is 202 g/mol. The summed E-state index contributed by atoms with van der Waals surface area (Å²) in [6, 6.07) is 0.220. The molecule has 1 amide bonds. The van der Waals surface area contributed by atoms with E-state index in [-0.39, 0.29) is 11.9 Å². The fraction of sp³-hybridized carbons (Fsp3) is 0.889. The van der Waals surface area contributed by atoms with Gasteiger partial charge in [-0.1, -0.05) is 0 Å². The lowest BCUT2D eigenvalue weighted by Crippen LogP contribution is -2.39. The Morgan fingerprint density at radius 1 is 1.79 bits per heavy atom. The van der Waals surface area contributed by atoms with Gasteiger partial charge in [0, 0.05) is 32.7 Å². The van der Waals surface area contributed by atoms with Crippen LogP contribution in [0, 0.1) is 0 Å². The number of nitrogens with one attached hydrogen (secondary N) is 2. The molecule has 1 rings (SSSR count). The zero-order valence-corrected chi connectivity index (χ0v) is 8.45. The lowest BCUT2D eigenvalue weighted by Gasteiger charge is -2.14. The van der Waals surface area contributed by atoms with E-state index in [2.05, 4.69) is 10.6 Å². The highest BCUT2D eigenvalue weighted by Gasteiger charge is 2.19. The monoisotopic (exact) mass is 202 g/mol. The minimum Gasteiger partial charge on any atom is -0.389 e. The van der Waals surface area contributed by atoms with Crippen LogP contribution in [-0.2, 0) is 9.53 Å². The van der Waals surface area contributed by atoms with Crippen LogP contribution in [0.25, 0.3) is 0 Å². The maximum atomic E-state index is 10.8. The van der Waals surface area contributed by atoms with Gasteiger partial charge in [0.15, 0.2) is 0 Å². The molecule has 0 bridgehead atoms. The molecule has 1 aliphatic heterocycles. The number of ether oxygens (including phenoxy) is 1. The lowest BCUT2D eigenvalue weighted by molar-refractivity contribution is -0.119. The molecule has 2 unspecified atom stereocenters. The maximum Gasteiger partial charge on any atom is 0.220 e. The molecule has 82 valence electrons. The number of aliphatic hydroxyl groups is 1. The fourth-order valence-corrected chi connectivity index (χ4v) is 1.51. The minimum atomic E-state index is -0.475. The lowest BCUT2D eigenvalue weighted by atomic mass is 10.2. The van der Waals surface area contributed by atoms with Crippen LogP contribution in [0.2, 0.25) is 0 Å². The van der Waals surface area contributed by atoms with Crippen molar-refractivity contribution >= 4 is 5.91 Å². The maximum absolute atomic E-state index is 10.8. The van der Waals surface area contributed by atoms with Crippen LogP contribution in [0.3, 0.4) is 0 Å². The number of amides is 1. The van der Waals surface area contributed by atoms with Crippen LogP contribution in [0.1, 0.15) is 12.8 Å². The van der Waals surface area contributed by atoms with Gasteiger partial charge in [0.25, 0.3) is 0 Å². The van der Waals surface area contributed by atoms with E-state index in [1.54, 1.807) is 7.11 Å². The summed E-state index contributed by atoms with van der Waals surface area (Å²) in [4.78, 5) is 10.8. The van der Waals surface area contributed by atoms with Crippen molar-refractivity contribution in [3.8, 4) is 0 Å². The van der Waals surface area contributed by atoms with E-state index in [0.717, 1.165) is 6.42 Å². The standard InChI is InChI=1S/C9H18N2O3/c1-14-6-8(12)5-10-4-7-2-3-9(13)11-7/h7-8,10,12H,2-6H2,1H3,(H,11,13). The topological polar surface area (TPSA) is 70.6 Å². The van der Waals surface area contributed by atoms with Gasteiger partial charge in [0.1, 0.15) is 0 Å². The number of carbonyl (C=O) groups excluding carboxylic acids is 1. The Kier molecular flexibility index (Phi) is 4.86. The van der Waals surface area contributed by atoms with Gasteiger partial charge < -0.3 is 20.5 Å². The number of carbonyl (C=O) groups is 1. The first-order chi connectivity index (χ1) is 6.72. The van der Waals surface area contributed by atoms with Crippen LogP contribution >= 0.6 is 0 Å². The molecule has 3 N–H and O–H groups in total. The summed E-state index contributed by atoms with van der Waals surface area (Å²) in [5, 5.41) is 15.2. The number of hydrogen-bond acceptors (Lipinski definition) is 4. The Labute approximate surface area is 83.8 Å². The van der Waals surface area contributed by atoms with E-state index >= 15 is 0 Å². The molecule has 5 nitrogen and oxygen atoms in total. The number of rotatable bonds is 6. The van der Waals surface area contributed by atoms with Gasteiger partial charge in [0.05, 0.1) is 12.7 Å². The second-order valence-electron chi connectivity index (χ2n) is 3.57. The van der Waals surface area contributed by atoms with Crippen molar-refractivity contribution in [3.05, 3.63) is 0 Å². The van der Waals surface area contributed by atoms with Gasteiger partial charge in [-0.3, -0.25) is 4.79 Å². The van der Waals surface area contributed by atoms with Crippen molar-refractivity contribution in [3.63, 3.8) is 0 Å². The minimum absolute atomic E-state index is 0.120. The van der Waals surface area contributed by atoms with Crippen LogP contribution in [0.5, 0.6) is 0 Å². The second kappa shape index (κ2) is 5.95. The van der Waals surface area contributed by atoms with Crippen LogP contribution in [-0.4, -0.2) is 50.0 Å². The van der Waals surface area contributed by atoms with Crippen molar-refractivity contribution in [1.29, 1.82) is 0 Å². The molecule has 0 aromatic rings. The Hall–Kier alpha value is -0.650. The molecular formula is C9H18N2O3. The quantitative estimate of drug-likeness (QED) is 0.509. The summed E-state index contributed by atoms with van der Waals surface area (Å²) in [6.07, 6.45) is 1.02. The molecule has 0 aliphatic carbocycles. The molecular weight excluding hydrogens is 184 g/mol. The largest absolute Gasteiger partial charge is 0.389 e. The molecule has 2 atom stereocenters. The van der Waals surface area contributed by atoms with Crippen LogP contribution in [0.4, 0.5) is 0 Å². The molecule has 0 aromatic carbocycles. The molecule has 0 saturated carbocycles. The van der Waals surface area contributed by atoms with Crippen LogP contribution in [0.15, 0.2) is 0 Å². The van der Waals surface area contributed by atoms with E-state index in [0.29, 0.717) is 26.1 Å². The molecule has 5 heteroatoms. The van der Waals surface area contributed by atoms with Gasteiger partial charge in [-0.15, -0.1) is 0 Å². The normalized spacial score (nSPS) is 23.6. The summed E-state index contributed by atoms with van der Waals surface area (Å²) >= 11 is 0. The second-order valence-corrected chi connectivity index (χ2v) is 3.57. The molecule has 0 aromatic heterocycles. The molecule has 1 saturated heterocycles. The van der Waals surface area contributed by atoms with Crippen molar-refractivity contribution < 1.29 is 14.6 Å². The number of aliphatic hydroxyl groups excluding tert-OH is 1. The first kappa shape index (κ1) is 11.4. The SMILES string of the molecule is COCC(O)CNCC1CCC(=O)N1. The first-order valence-corrected chi connectivity index (χ1v) is 4.89. The van der Waals surface area contributed by atoms with Crippen molar-refractivity contribution in [2.75, 3.05) is 26.8 Å². The predicted octanol–water partition coefficient (Wildman–Crippen LogP) is -1.14. The third-order valence-electron chi connectivity index (χ3n) is 2.21. The van der Waals surface area contributed by atoms with E-state index in [4.69, 9.17) is 4.74 Å². The van der Waals surface area contributed by atoms with Gasteiger partial charge in [-0.2, -0.15) is 0 Å². The molecule has 14 heavy (non-hydrogen) atoms. The van der Waals surface area contributed by atoms with E-state index in [9.17, 15) is 9.90 Å². The molecule has 0 spiro atoms. The van der Waals surface area contributed by atoms with E-state index < -0.39 is 6.10 Å². The summed E-state index contributed by atoms with van der Waals surface area (Å²) < 4.78 is 4.78. The van der Waals surface area contributed by atoms with Crippen molar-refractivity contribution in [2.45, 2.75) is 25.0 Å². The third kappa shape index (κ3) is 4.04. The predicted molar refractivity (Wildman–Crippen MR) is 51.9 cm³/mol. The van der Waals surface area contributed by atoms with E-state index in [1.165, 1.54) is 0 Å². The highest BCUT2D eigenvalue weighted by atomic mass is 16.5. The highest BCUT2D eigenvalue weighted by Crippen LogP contribution is 2.04. The Bertz CT molecular complexity index is 187. The number of hydrogen-bond donors (Lipinski definition) is 3. The number of methoxy groups -OCH3 is 1. The van der Waals surface area contributed by atoms with Gasteiger partial charge in [-0.25, -0.2) is 0 Å². The zero-order chi connectivity index (χ0) is 10.4. The average Bonchev–Trinajstić information content (AvgIpc) is 2.52. The van der Waals surface area contributed by atoms with Crippen molar-refractivity contribution in [2.24, 2.45) is 0 Å². The first-order valence-electron chi connectivity index (χ1n) is 4.89. The summed E-state index contributed by atoms with van der Waals surface area (Å²) in [5.74, 6) is 0.120. The molecule has 1 aliphatic rings. The fourth-order valence-electron chi connectivity index (χ4n) is 1.51. The smallest absolute Gasteiger partial charge is 0.220 e. The molecule has 1 heterocycles. The van der Waals surface area contributed by atoms with Gasteiger partial charge >= 0.3 is 0 Å². The zero-order valence-electron chi connectivity index (χ0n) is 8.45. The Morgan fingerprint density at radius 2 is 2.57 bits per heavy atom. The Morgan fingerprint density at radius 3 is 3.14 bits per heavy atom. The van der Waals surface area contributed by atoms with Crippen LogP contribution < -0.4 is 10.6 Å². The molecule has 0 radical (unpaired) electrons. The van der Waals surface area contributed by atoms with Gasteiger partial charge in [0.2, 0.25) is 5.91 Å². The van der Waals surface area contributed by atoms with Crippen molar-refractivity contribution in [1.82, 2.24) is 10.6 Å². The Balaban J connectivity index is 2.01. The molecule has 1 fully saturated rings. The third-order valence-corrected chi connectivity index (χ3v) is 2.21. The highest BCUT2D eigenvalue weighted by molar-refractivity contribution is 5.78. The van der Waals surface area contributed by atoms with Gasteiger partial charge in [-0.05, 0) is 6.42 Å². The summed E-state index contributed by atoms with van der Waals surface area (Å²) in [5.41, 5.74) is 0.